The molecule has 0 radical (unpaired) electrons. The zero-order valence-electron chi connectivity index (χ0n) is 13.6. The lowest BCUT2D eigenvalue weighted by Crippen LogP contribution is -2.44. The Morgan fingerprint density at radius 2 is 1.57 bits per heavy atom. The first-order valence-corrected chi connectivity index (χ1v) is 9.01. The summed E-state index contributed by atoms with van der Waals surface area (Å²) in [6, 6.07) is 5.91. The largest absolute Gasteiger partial charge is 0.307 e. The van der Waals surface area contributed by atoms with Gasteiger partial charge in [0.2, 0.25) is 0 Å². The Labute approximate surface area is 140 Å². The highest BCUT2D eigenvalue weighted by molar-refractivity contribution is 6.42. The van der Waals surface area contributed by atoms with Gasteiger partial charge in [-0.3, -0.25) is 0 Å². The van der Waals surface area contributed by atoms with Crippen molar-refractivity contribution in [1.29, 1.82) is 0 Å². The summed E-state index contributed by atoms with van der Waals surface area (Å²) in [5.74, 6) is 0. The van der Waals surface area contributed by atoms with Gasteiger partial charge >= 0.3 is 0 Å². The van der Waals surface area contributed by atoms with Gasteiger partial charge in [0.25, 0.3) is 0 Å². The summed E-state index contributed by atoms with van der Waals surface area (Å²) in [5.41, 5.74) is 1.47. The van der Waals surface area contributed by atoms with Crippen LogP contribution in [-0.4, -0.2) is 5.54 Å². The monoisotopic (exact) mass is 329 g/mol. The van der Waals surface area contributed by atoms with E-state index in [2.05, 4.69) is 32.2 Å². The van der Waals surface area contributed by atoms with E-state index < -0.39 is 0 Å². The van der Waals surface area contributed by atoms with E-state index in [4.69, 9.17) is 23.2 Å². The Morgan fingerprint density at radius 3 is 2.05 bits per heavy atom. The number of rotatable bonds is 10. The van der Waals surface area contributed by atoms with Crippen molar-refractivity contribution in [2.75, 3.05) is 0 Å². The summed E-state index contributed by atoms with van der Waals surface area (Å²) in [5, 5.41) is 5.08. The first-order valence-electron chi connectivity index (χ1n) is 8.26. The third kappa shape index (κ3) is 6.18. The molecule has 1 aromatic rings. The Balaban J connectivity index is 2.71. The van der Waals surface area contributed by atoms with E-state index in [-0.39, 0.29) is 5.54 Å². The van der Waals surface area contributed by atoms with Crippen LogP contribution < -0.4 is 5.32 Å². The highest BCUT2D eigenvalue weighted by atomic mass is 35.5. The van der Waals surface area contributed by atoms with E-state index in [9.17, 15) is 0 Å². The Bertz CT molecular complexity index is 410. The number of benzene rings is 1. The molecule has 1 nitrogen and oxygen atoms in total. The van der Waals surface area contributed by atoms with Crippen LogP contribution in [0.3, 0.4) is 0 Å². The van der Waals surface area contributed by atoms with Crippen LogP contribution in [0.15, 0.2) is 18.2 Å². The third-order valence-electron chi connectivity index (χ3n) is 4.35. The molecule has 1 aromatic carbocycles. The van der Waals surface area contributed by atoms with Crippen LogP contribution in [0, 0.1) is 0 Å². The van der Waals surface area contributed by atoms with Crippen molar-refractivity contribution in [2.45, 2.75) is 77.8 Å². The minimum atomic E-state index is 0.262. The van der Waals surface area contributed by atoms with Gasteiger partial charge in [0.1, 0.15) is 0 Å². The van der Waals surface area contributed by atoms with Gasteiger partial charge in [0, 0.05) is 12.1 Å². The second-order valence-electron chi connectivity index (χ2n) is 5.94. The topological polar surface area (TPSA) is 12.0 Å². The van der Waals surface area contributed by atoms with Gasteiger partial charge in [-0.2, -0.15) is 0 Å². The van der Waals surface area contributed by atoms with Gasteiger partial charge in [0.05, 0.1) is 10.0 Å². The molecule has 0 atom stereocenters. The predicted octanol–water partition coefficient (Wildman–Crippen LogP) is 6.61. The SMILES string of the molecule is CCCCC(CC)(CCCC)NCc1ccc(Cl)c(Cl)c1. The fraction of sp³-hybridized carbons (Fsp3) is 0.667. The van der Waals surface area contributed by atoms with Crippen molar-refractivity contribution < 1.29 is 0 Å². The van der Waals surface area contributed by atoms with Crippen LogP contribution in [-0.2, 0) is 6.54 Å². The number of hydrogen-bond donors (Lipinski definition) is 1. The van der Waals surface area contributed by atoms with E-state index in [1.165, 1.54) is 50.5 Å². The van der Waals surface area contributed by atoms with Crippen molar-refractivity contribution in [3.05, 3.63) is 33.8 Å². The van der Waals surface area contributed by atoms with E-state index in [1.807, 2.05) is 12.1 Å². The maximum Gasteiger partial charge on any atom is 0.0595 e. The number of hydrogen-bond acceptors (Lipinski definition) is 1. The lowest BCUT2D eigenvalue weighted by Gasteiger charge is -2.35. The summed E-state index contributed by atoms with van der Waals surface area (Å²) < 4.78 is 0. The normalized spacial score (nSPS) is 11.9. The van der Waals surface area contributed by atoms with Crippen molar-refractivity contribution in [3.63, 3.8) is 0 Å². The molecule has 0 saturated heterocycles. The predicted molar refractivity (Wildman–Crippen MR) is 95.4 cm³/mol. The first-order chi connectivity index (χ1) is 10.1. The molecule has 0 bridgehead atoms. The Morgan fingerprint density at radius 1 is 0.952 bits per heavy atom. The van der Waals surface area contributed by atoms with Crippen LogP contribution in [0.25, 0.3) is 0 Å². The number of nitrogens with one attached hydrogen (secondary N) is 1. The molecule has 1 N–H and O–H groups in total. The molecule has 3 heteroatoms. The standard InChI is InChI=1S/C18H29Cl2N/c1-4-7-11-18(6-3,12-8-5-2)21-14-15-9-10-16(19)17(20)13-15/h9-10,13,21H,4-8,11-12,14H2,1-3H3. The molecule has 120 valence electrons. The zero-order chi connectivity index (χ0) is 15.7. The molecule has 0 aliphatic heterocycles. The van der Waals surface area contributed by atoms with Crippen LogP contribution in [0.1, 0.15) is 71.3 Å². The van der Waals surface area contributed by atoms with Gasteiger partial charge in [-0.15, -0.1) is 0 Å². The van der Waals surface area contributed by atoms with Gasteiger partial charge in [-0.1, -0.05) is 75.7 Å². The van der Waals surface area contributed by atoms with E-state index in [1.54, 1.807) is 0 Å². The van der Waals surface area contributed by atoms with Crippen molar-refractivity contribution >= 4 is 23.2 Å². The average molecular weight is 330 g/mol. The maximum atomic E-state index is 6.11. The second-order valence-corrected chi connectivity index (χ2v) is 6.76. The van der Waals surface area contributed by atoms with E-state index in [0.29, 0.717) is 10.0 Å². The quantitative estimate of drug-likeness (QED) is 0.509. The third-order valence-corrected chi connectivity index (χ3v) is 5.09. The fourth-order valence-electron chi connectivity index (χ4n) is 2.75. The first kappa shape index (κ1) is 18.8. The summed E-state index contributed by atoms with van der Waals surface area (Å²) in [6.45, 7) is 7.68. The molecule has 0 aliphatic carbocycles. The molecule has 0 spiro atoms. The summed E-state index contributed by atoms with van der Waals surface area (Å²) in [7, 11) is 0. The zero-order valence-corrected chi connectivity index (χ0v) is 15.2. The fourth-order valence-corrected chi connectivity index (χ4v) is 3.07. The van der Waals surface area contributed by atoms with Crippen LogP contribution >= 0.6 is 23.2 Å². The smallest absolute Gasteiger partial charge is 0.0595 e. The maximum absolute atomic E-state index is 6.11. The lowest BCUT2D eigenvalue weighted by molar-refractivity contribution is 0.254. The Hall–Kier alpha value is -0.240. The molecule has 0 aliphatic rings. The summed E-state index contributed by atoms with van der Waals surface area (Å²) >= 11 is 12.1. The molecule has 21 heavy (non-hydrogen) atoms. The van der Waals surface area contributed by atoms with E-state index in [0.717, 1.165) is 6.54 Å². The van der Waals surface area contributed by atoms with Crippen LogP contribution in [0.5, 0.6) is 0 Å². The molecular formula is C18H29Cl2N. The highest BCUT2D eigenvalue weighted by Gasteiger charge is 2.26. The molecule has 0 aromatic heterocycles. The van der Waals surface area contributed by atoms with Crippen molar-refractivity contribution in [3.8, 4) is 0 Å². The average Bonchev–Trinajstić information content (AvgIpc) is 2.50. The van der Waals surface area contributed by atoms with Gasteiger partial charge < -0.3 is 5.32 Å². The van der Waals surface area contributed by atoms with E-state index >= 15 is 0 Å². The molecule has 0 saturated carbocycles. The van der Waals surface area contributed by atoms with Crippen LogP contribution in [0.4, 0.5) is 0 Å². The second kappa shape index (κ2) is 9.71. The minimum absolute atomic E-state index is 0.262. The molecule has 0 heterocycles. The molecule has 1 rings (SSSR count). The minimum Gasteiger partial charge on any atom is -0.307 e. The molecular weight excluding hydrogens is 301 g/mol. The lowest BCUT2D eigenvalue weighted by atomic mass is 9.84. The van der Waals surface area contributed by atoms with Crippen molar-refractivity contribution in [1.82, 2.24) is 5.32 Å². The Kier molecular flexibility index (Phi) is 8.70. The van der Waals surface area contributed by atoms with Crippen LogP contribution in [0.2, 0.25) is 10.0 Å². The molecule has 0 fully saturated rings. The molecule has 0 amide bonds. The number of unbranched alkanes of at least 4 members (excludes halogenated alkanes) is 2. The number of halogens is 2. The highest BCUT2D eigenvalue weighted by Crippen LogP contribution is 2.27. The molecule has 0 unspecified atom stereocenters. The van der Waals surface area contributed by atoms with Crippen molar-refractivity contribution in [2.24, 2.45) is 0 Å². The summed E-state index contributed by atoms with van der Waals surface area (Å²) in [6.07, 6.45) is 8.75. The van der Waals surface area contributed by atoms with Gasteiger partial charge in [0.15, 0.2) is 0 Å². The van der Waals surface area contributed by atoms with Gasteiger partial charge in [-0.05, 0) is 37.0 Å². The summed E-state index contributed by atoms with van der Waals surface area (Å²) in [4.78, 5) is 0. The van der Waals surface area contributed by atoms with Gasteiger partial charge in [-0.25, -0.2) is 0 Å².